The van der Waals surface area contributed by atoms with Gasteiger partial charge in [-0.1, -0.05) is 0 Å². The fourth-order valence-corrected chi connectivity index (χ4v) is 2.48. The molecule has 0 unspecified atom stereocenters. The maximum atomic E-state index is 13.4. The van der Waals surface area contributed by atoms with Crippen molar-refractivity contribution in [1.82, 2.24) is 20.3 Å². The normalized spacial score (nSPS) is 10.4. The Morgan fingerprint density at radius 3 is 2.78 bits per heavy atom. The molecule has 2 heterocycles. The van der Waals surface area contributed by atoms with E-state index in [4.69, 9.17) is 12.2 Å². The summed E-state index contributed by atoms with van der Waals surface area (Å²) in [5.74, 6) is -0.108. The van der Waals surface area contributed by atoms with Crippen LogP contribution < -0.4 is 16.0 Å². The number of rotatable bonds is 5. The first-order valence-corrected chi connectivity index (χ1v) is 8.26. The number of thiocarbonyl (C=S) groups is 1. The molecule has 0 spiro atoms. The Morgan fingerprint density at radius 1 is 1.26 bits per heavy atom. The van der Waals surface area contributed by atoms with Gasteiger partial charge in [0, 0.05) is 18.3 Å². The van der Waals surface area contributed by atoms with E-state index in [1.165, 1.54) is 12.3 Å². The molecule has 0 bridgehead atoms. The first-order chi connectivity index (χ1) is 13.0. The van der Waals surface area contributed by atoms with Gasteiger partial charge in [0.15, 0.2) is 16.6 Å². The number of halogens is 1. The highest BCUT2D eigenvalue weighted by Crippen LogP contribution is 2.24. The monoisotopic (exact) mass is 387 g/mol. The molecule has 9 nitrogen and oxygen atoms in total. The zero-order chi connectivity index (χ0) is 19.4. The third-order valence-electron chi connectivity index (χ3n) is 3.40. The summed E-state index contributed by atoms with van der Waals surface area (Å²) in [4.78, 5) is 23.0. The average Bonchev–Trinajstić information content (AvgIpc) is 2.63. The van der Waals surface area contributed by atoms with Crippen LogP contribution in [0, 0.1) is 15.9 Å². The van der Waals surface area contributed by atoms with Crippen molar-refractivity contribution in [2.24, 2.45) is 0 Å². The summed E-state index contributed by atoms with van der Waals surface area (Å²) >= 11 is 5.12. The minimum Gasteiger partial charge on any atom is -0.363 e. The standard InChI is InChI=1S/C16H14FN7O2S/c1-2-18-16(27)23-13-6-5-11-15(21-13)22-14(8-19-11)20-9-3-4-10(17)12(7-9)24(25)26/h3-8H,2H2,1H3,(H3,18,20,21,22,23,27). The molecule has 0 aliphatic heterocycles. The Balaban J connectivity index is 1.86. The number of fused-ring (bicyclic) bond motifs is 1. The minimum atomic E-state index is -0.913. The molecule has 138 valence electrons. The number of pyridine rings is 1. The van der Waals surface area contributed by atoms with Crippen LogP contribution in [0.3, 0.4) is 0 Å². The third-order valence-corrected chi connectivity index (χ3v) is 3.65. The van der Waals surface area contributed by atoms with Gasteiger partial charge in [-0.3, -0.25) is 10.1 Å². The van der Waals surface area contributed by atoms with Crippen LogP contribution >= 0.6 is 12.2 Å². The quantitative estimate of drug-likeness (QED) is 0.345. The molecule has 1 aromatic carbocycles. The molecule has 0 fully saturated rings. The molecule has 0 saturated heterocycles. The zero-order valence-corrected chi connectivity index (χ0v) is 14.9. The lowest BCUT2D eigenvalue weighted by Gasteiger charge is -2.09. The lowest BCUT2D eigenvalue weighted by molar-refractivity contribution is -0.387. The number of hydrogen-bond donors (Lipinski definition) is 3. The zero-order valence-electron chi connectivity index (χ0n) is 14.1. The summed E-state index contributed by atoms with van der Waals surface area (Å²) in [6.07, 6.45) is 1.45. The third kappa shape index (κ3) is 4.39. The lowest BCUT2D eigenvalue weighted by Crippen LogP contribution is -2.28. The highest BCUT2D eigenvalue weighted by atomic mass is 32.1. The smallest absolute Gasteiger partial charge is 0.306 e. The number of nitrogens with zero attached hydrogens (tertiary/aromatic N) is 4. The number of anilines is 3. The molecule has 27 heavy (non-hydrogen) atoms. The summed E-state index contributed by atoms with van der Waals surface area (Å²) in [6.45, 7) is 2.60. The Morgan fingerprint density at radius 2 is 2.04 bits per heavy atom. The van der Waals surface area contributed by atoms with E-state index in [-0.39, 0.29) is 0 Å². The number of hydrogen-bond acceptors (Lipinski definition) is 7. The largest absolute Gasteiger partial charge is 0.363 e. The molecular weight excluding hydrogens is 373 g/mol. The molecule has 3 rings (SSSR count). The first-order valence-electron chi connectivity index (χ1n) is 7.86. The molecule has 0 atom stereocenters. The molecule has 0 amide bonds. The van der Waals surface area contributed by atoms with Crippen molar-refractivity contribution in [3.8, 4) is 0 Å². The number of nitro groups is 1. The van der Waals surface area contributed by atoms with E-state index in [0.29, 0.717) is 40.1 Å². The molecular formula is C16H14FN7O2S. The molecule has 3 N–H and O–H groups in total. The van der Waals surface area contributed by atoms with Crippen molar-refractivity contribution in [2.75, 3.05) is 17.2 Å². The van der Waals surface area contributed by atoms with Gasteiger partial charge in [-0.25, -0.2) is 15.0 Å². The summed E-state index contributed by atoms with van der Waals surface area (Å²) in [5, 5.41) is 20.0. The average molecular weight is 387 g/mol. The molecule has 0 aliphatic carbocycles. The maximum absolute atomic E-state index is 13.4. The van der Waals surface area contributed by atoms with E-state index in [0.717, 1.165) is 12.1 Å². The van der Waals surface area contributed by atoms with E-state index in [1.54, 1.807) is 12.1 Å². The van der Waals surface area contributed by atoms with E-state index < -0.39 is 16.4 Å². The highest BCUT2D eigenvalue weighted by molar-refractivity contribution is 7.80. The van der Waals surface area contributed by atoms with Gasteiger partial charge in [-0.05, 0) is 43.4 Å². The topological polar surface area (TPSA) is 118 Å². The second kappa shape index (κ2) is 7.83. The summed E-state index contributed by atoms with van der Waals surface area (Å²) in [5.41, 5.74) is 0.584. The molecule has 11 heteroatoms. The maximum Gasteiger partial charge on any atom is 0.306 e. The Labute approximate surface area is 158 Å². The first kappa shape index (κ1) is 18.3. The SMILES string of the molecule is CCNC(=S)Nc1ccc2ncc(Nc3ccc(F)c([N+](=O)[O-])c3)nc2n1. The van der Waals surface area contributed by atoms with E-state index in [9.17, 15) is 14.5 Å². The molecule has 3 aromatic rings. The fourth-order valence-electron chi connectivity index (χ4n) is 2.23. The number of aromatic nitrogens is 3. The Kier molecular flexibility index (Phi) is 5.31. The van der Waals surface area contributed by atoms with Crippen molar-refractivity contribution in [3.05, 3.63) is 52.5 Å². The van der Waals surface area contributed by atoms with Crippen molar-refractivity contribution < 1.29 is 9.31 Å². The van der Waals surface area contributed by atoms with Gasteiger partial charge in [0.05, 0.1) is 11.1 Å². The lowest BCUT2D eigenvalue weighted by atomic mass is 10.2. The van der Waals surface area contributed by atoms with Crippen LogP contribution in [0.5, 0.6) is 0 Å². The van der Waals surface area contributed by atoms with E-state index in [2.05, 4.69) is 30.9 Å². The van der Waals surface area contributed by atoms with Gasteiger partial charge < -0.3 is 16.0 Å². The summed E-state index contributed by atoms with van der Waals surface area (Å²) in [6, 6.07) is 6.92. The molecule has 0 radical (unpaired) electrons. The molecule has 0 saturated carbocycles. The Bertz CT molecular complexity index is 1030. The second-order valence-electron chi connectivity index (χ2n) is 5.33. The van der Waals surface area contributed by atoms with E-state index in [1.807, 2.05) is 6.92 Å². The van der Waals surface area contributed by atoms with Gasteiger partial charge in [0.25, 0.3) is 0 Å². The van der Waals surface area contributed by atoms with Crippen LogP contribution in [-0.2, 0) is 0 Å². The van der Waals surface area contributed by atoms with Gasteiger partial charge >= 0.3 is 5.69 Å². The van der Waals surface area contributed by atoms with Gasteiger partial charge in [-0.15, -0.1) is 0 Å². The predicted octanol–water partition coefficient (Wildman–Crippen LogP) is 3.12. The van der Waals surface area contributed by atoms with Crippen LogP contribution in [-0.4, -0.2) is 31.5 Å². The van der Waals surface area contributed by atoms with Crippen LogP contribution in [0.4, 0.5) is 27.4 Å². The van der Waals surface area contributed by atoms with Crippen LogP contribution in [0.2, 0.25) is 0 Å². The van der Waals surface area contributed by atoms with Crippen LogP contribution in [0.15, 0.2) is 36.5 Å². The highest BCUT2D eigenvalue weighted by Gasteiger charge is 2.14. The fraction of sp³-hybridized carbons (Fsp3) is 0.125. The number of nitro benzene ring substituents is 1. The molecule has 0 aliphatic rings. The number of nitrogens with one attached hydrogen (secondary N) is 3. The van der Waals surface area contributed by atoms with E-state index >= 15 is 0 Å². The molecule has 2 aromatic heterocycles. The van der Waals surface area contributed by atoms with Gasteiger partial charge in [0.1, 0.15) is 11.3 Å². The summed E-state index contributed by atoms with van der Waals surface area (Å²) < 4.78 is 13.4. The van der Waals surface area contributed by atoms with Gasteiger partial charge in [0.2, 0.25) is 5.82 Å². The van der Waals surface area contributed by atoms with Crippen LogP contribution in [0.25, 0.3) is 11.2 Å². The van der Waals surface area contributed by atoms with Crippen LogP contribution in [0.1, 0.15) is 6.92 Å². The van der Waals surface area contributed by atoms with Crippen molar-refractivity contribution in [1.29, 1.82) is 0 Å². The van der Waals surface area contributed by atoms with Crippen molar-refractivity contribution in [2.45, 2.75) is 6.92 Å². The summed E-state index contributed by atoms with van der Waals surface area (Å²) in [7, 11) is 0. The minimum absolute atomic E-state index is 0.305. The Hall–Kier alpha value is -3.47. The number of benzene rings is 1. The second-order valence-corrected chi connectivity index (χ2v) is 5.74. The predicted molar refractivity (Wildman–Crippen MR) is 104 cm³/mol. The van der Waals surface area contributed by atoms with Crippen molar-refractivity contribution >= 4 is 51.5 Å². The van der Waals surface area contributed by atoms with Crippen molar-refractivity contribution in [3.63, 3.8) is 0 Å². The van der Waals surface area contributed by atoms with Gasteiger partial charge in [-0.2, -0.15) is 4.39 Å².